The van der Waals surface area contributed by atoms with Gasteiger partial charge in [0.15, 0.2) is 0 Å². The first kappa shape index (κ1) is 14.1. The van der Waals surface area contributed by atoms with E-state index >= 15 is 0 Å². The van der Waals surface area contributed by atoms with Gasteiger partial charge in [0.05, 0.1) is 0 Å². The standard InChI is InChI=1S/C18H16N2O2/c1-13-5-4-7-15(11-13)19-17(21)12-20-10-9-14-6-2-3-8-16(14)18(20)22/h2-11H,12H2,1H3,(H,19,21). The summed E-state index contributed by atoms with van der Waals surface area (Å²) in [6.45, 7) is 1.96. The zero-order chi connectivity index (χ0) is 15.5. The number of pyridine rings is 1. The summed E-state index contributed by atoms with van der Waals surface area (Å²) in [4.78, 5) is 24.5. The molecule has 1 heterocycles. The largest absolute Gasteiger partial charge is 0.325 e. The minimum Gasteiger partial charge on any atom is -0.325 e. The molecule has 22 heavy (non-hydrogen) atoms. The van der Waals surface area contributed by atoms with Crippen molar-refractivity contribution >= 4 is 22.4 Å². The van der Waals surface area contributed by atoms with E-state index in [2.05, 4.69) is 5.32 Å². The van der Waals surface area contributed by atoms with E-state index in [4.69, 9.17) is 0 Å². The van der Waals surface area contributed by atoms with Crippen LogP contribution in [0.3, 0.4) is 0 Å². The number of hydrogen-bond acceptors (Lipinski definition) is 2. The van der Waals surface area contributed by atoms with Crippen molar-refractivity contribution < 1.29 is 4.79 Å². The topological polar surface area (TPSA) is 51.1 Å². The Balaban J connectivity index is 1.82. The zero-order valence-electron chi connectivity index (χ0n) is 12.2. The molecule has 1 N–H and O–H groups in total. The van der Waals surface area contributed by atoms with Crippen LogP contribution in [-0.2, 0) is 11.3 Å². The predicted molar refractivity (Wildman–Crippen MR) is 88.0 cm³/mol. The van der Waals surface area contributed by atoms with Gasteiger partial charge < -0.3 is 9.88 Å². The highest BCUT2D eigenvalue weighted by Gasteiger charge is 2.07. The van der Waals surface area contributed by atoms with Gasteiger partial charge in [-0.1, -0.05) is 30.3 Å². The molecule has 0 fully saturated rings. The van der Waals surface area contributed by atoms with Crippen molar-refractivity contribution in [3.8, 4) is 0 Å². The third-order valence-electron chi connectivity index (χ3n) is 3.50. The monoisotopic (exact) mass is 292 g/mol. The molecule has 0 radical (unpaired) electrons. The molecular formula is C18H16N2O2. The predicted octanol–water partition coefficient (Wildman–Crippen LogP) is 2.95. The molecule has 0 aliphatic rings. The Bertz CT molecular complexity index is 897. The third kappa shape index (κ3) is 2.91. The molecular weight excluding hydrogens is 276 g/mol. The average molecular weight is 292 g/mol. The molecule has 0 unspecified atom stereocenters. The molecule has 1 aromatic heterocycles. The van der Waals surface area contributed by atoms with Gasteiger partial charge in [-0.3, -0.25) is 9.59 Å². The molecule has 3 aromatic rings. The lowest BCUT2D eigenvalue weighted by Crippen LogP contribution is -2.27. The summed E-state index contributed by atoms with van der Waals surface area (Å²) in [6.07, 6.45) is 1.65. The fourth-order valence-electron chi connectivity index (χ4n) is 2.43. The number of fused-ring (bicyclic) bond motifs is 1. The fourth-order valence-corrected chi connectivity index (χ4v) is 2.43. The average Bonchev–Trinajstić information content (AvgIpc) is 2.50. The lowest BCUT2D eigenvalue weighted by molar-refractivity contribution is -0.116. The van der Waals surface area contributed by atoms with Crippen LogP contribution < -0.4 is 10.9 Å². The second-order valence-corrected chi connectivity index (χ2v) is 5.25. The molecule has 4 heteroatoms. The van der Waals surface area contributed by atoms with E-state index in [-0.39, 0.29) is 18.0 Å². The van der Waals surface area contributed by atoms with Crippen molar-refractivity contribution in [2.45, 2.75) is 13.5 Å². The first-order chi connectivity index (χ1) is 10.6. The summed E-state index contributed by atoms with van der Waals surface area (Å²) in [7, 11) is 0. The van der Waals surface area contributed by atoms with Crippen LogP contribution in [-0.4, -0.2) is 10.5 Å². The van der Waals surface area contributed by atoms with Crippen LogP contribution in [0.1, 0.15) is 5.56 Å². The van der Waals surface area contributed by atoms with Gasteiger partial charge in [-0.2, -0.15) is 0 Å². The van der Waals surface area contributed by atoms with E-state index in [1.165, 1.54) is 4.57 Å². The van der Waals surface area contributed by atoms with E-state index in [1.807, 2.05) is 55.5 Å². The van der Waals surface area contributed by atoms with Gasteiger partial charge in [-0.15, -0.1) is 0 Å². The number of aryl methyl sites for hydroxylation is 1. The number of carbonyl (C=O) groups is 1. The van der Waals surface area contributed by atoms with Gasteiger partial charge in [0, 0.05) is 17.3 Å². The number of anilines is 1. The van der Waals surface area contributed by atoms with Crippen molar-refractivity contribution in [1.29, 1.82) is 0 Å². The Hall–Kier alpha value is -2.88. The van der Waals surface area contributed by atoms with Crippen LogP contribution >= 0.6 is 0 Å². The summed E-state index contributed by atoms with van der Waals surface area (Å²) < 4.78 is 1.42. The van der Waals surface area contributed by atoms with E-state index in [0.717, 1.165) is 16.6 Å². The van der Waals surface area contributed by atoms with Gasteiger partial charge >= 0.3 is 0 Å². The maximum absolute atomic E-state index is 12.4. The number of nitrogens with one attached hydrogen (secondary N) is 1. The number of aromatic nitrogens is 1. The Kier molecular flexibility index (Phi) is 3.74. The Morgan fingerprint density at radius 2 is 1.91 bits per heavy atom. The van der Waals surface area contributed by atoms with E-state index in [9.17, 15) is 9.59 Å². The molecule has 3 rings (SSSR count). The van der Waals surface area contributed by atoms with Gasteiger partial charge in [0.25, 0.3) is 5.56 Å². The van der Waals surface area contributed by atoms with E-state index in [1.54, 1.807) is 12.3 Å². The molecule has 110 valence electrons. The Labute approximate surface area is 128 Å². The highest BCUT2D eigenvalue weighted by atomic mass is 16.2. The minimum atomic E-state index is -0.219. The number of amides is 1. The van der Waals surface area contributed by atoms with Crippen LogP contribution in [0.4, 0.5) is 5.69 Å². The minimum absolute atomic E-state index is 0.00237. The van der Waals surface area contributed by atoms with Crippen molar-refractivity contribution in [2.24, 2.45) is 0 Å². The van der Waals surface area contributed by atoms with Crippen LogP contribution in [0, 0.1) is 6.92 Å². The quantitative estimate of drug-likeness (QED) is 0.807. The van der Waals surface area contributed by atoms with Gasteiger partial charge in [-0.05, 0) is 42.1 Å². The van der Waals surface area contributed by atoms with E-state index < -0.39 is 0 Å². The van der Waals surface area contributed by atoms with Crippen LogP contribution in [0.2, 0.25) is 0 Å². The van der Waals surface area contributed by atoms with Crippen LogP contribution in [0.15, 0.2) is 65.6 Å². The van der Waals surface area contributed by atoms with Crippen LogP contribution in [0.5, 0.6) is 0 Å². The van der Waals surface area contributed by atoms with Crippen molar-refractivity contribution in [3.63, 3.8) is 0 Å². The third-order valence-corrected chi connectivity index (χ3v) is 3.50. The number of nitrogens with zero attached hydrogens (tertiary/aromatic N) is 1. The summed E-state index contributed by atoms with van der Waals surface area (Å²) in [5, 5.41) is 4.30. The molecule has 0 aliphatic carbocycles. The lowest BCUT2D eigenvalue weighted by atomic mass is 10.2. The van der Waals surface area contributed by atoms with Gasteiger partial charge in [0.1, 0.15) is 6.54 Å². The summed E-state index contributed by atoms with van der Waals surface area (Å²) in [5.41, 5.74) is 1.65. The Morgan fingerprint density at radius 3 is 2.73 bits per heavy atom. The number of carbonyl (C=O) groups excluding carboxylic acids is 1. The number of benzene rings is 2. The second kappa shape index (κ2) is 5.85. The number of rotatable bonds is 3. The Morgan fingerprint density at radius 1 is 1.09 bits per heavy atom. The summed E-state index contributed by atoms with van der Waals surface area (Å²) >= 11 is 0. The molecule has 0 bridgehead atoms. The van der Waals surface area contributed by atoms with Gasteiger partial charge in [-0.25, -0.2) is 0 Å². The molecule has 0 saturated carbocycles. The first-order valence-electron chi connectivity index (χ1n) is 7.08. The van der Waals surface area contributed by atoms with Crippen molar-refractivity contribution in [3.05, 3.63) is 76.7 Å². The maximum Gasteiger partial charge on any atom is 0.258 e. The smallest absolute Gasteiger partial charge is 0.258 e. The summed E-state index contributed by atoms with van der Waals surface area (Å²) in [6, 6.07) is 16.8. The molecule has 0 aliphatic heterocycles. The highest BCUT2D eigenvalue weighted by molar-refractivity contribution is 5.91. The normalized spacial score (nSPS) is 10.6. The maximum atomic E-state index is 12.4. The second-order valence-electron chi connectivity index (χ2n) is 5.25. The zero-order valence-corrected chi connectivity index (χ0v) is 12.2. The van der Waals surface area contributed by atoms with Crippen LogP contribution in [0.25, 0.3) is 10.8 Å². The van der Waals surface area contributed by atoms with Gasteiger partial charge in [0.2, 0.25) is 5.91 Å². The van der Waals surface area contributed by atoms with Crippen molar-refractivity contribution in [1.82, 2.24) is 4.57 Å². The number of hydrogen-bond donors (Lipinski definition) is 1. The van der Waals surface area contributed by atoms with E-state index in [0.29, 0.717) is 5.39 Å². The highest BCUT2D eigenvalue weighted by Crippen LogP contribution is 2.10. The molecule has 4 nitrogen and oxygen atoms in total. The molecule has 2 aromatic carbocycles. The first-order valence-corrected chi connectivity index (χ1v) is 7.08. The van der Waals surface area contributed by atoms with Crippen molar-refractivity contribution in [2.75, 3.05) is 5.32 Å². The molecule has 0 atom stereocenters. The summed E-state index contributed by atoms with van der Waals surface area (Å²) in [5.74, 6) is -0.219. The molecule has 0 saturated heterocycles. The fraction of sp³-hybridized carbons (Fsp3) is 0.111. The molecule has 1 amide bonds. The molecule has 0 spiro atoms. The SMILES string of the molecule is Cc1cccc(NC(=O)Cn2ccc3ccccc3c2=O)c1. The lowest BCUT2D eigenvalue weighted by Gasteiger charge is -2.09.